The molecule has 0 atom stereocenters. The number of pyridine rings is 1. The molecule has 1 saturated carbocycles. The van der Waals surface area contributed by atoms with Crippen molar-refractivity contribution in [3.8, 4) is 17.1 Å². The van der Waals surface area contributed by atoms with E-state index in [9.17, 15) is 17.6 Å². The molecular weight excluding hydrogens is 423 g/mol. The second kappa shape index (κ2) is 7.92. The van der Waals surface area contributed by atoms with Crippen molar-refractivity contribution >= 4 is 26.8 Å². The van der Waals surface area contributed by atoms with E-state index in [0.29, 0.717) is 53.4 Å². The van der Waals surface area contributed by atoms with Gasteiger partial charge in [-0.05, 0) is 37.0 Å². The van der Waals surface area contributed by atoms with Crippen LogP contribution in [0.5, 0.6) is 5.88 Å². The molecule has 164 valence electrons. The Balaban J connectivity index is 1.65. The summed E-state index contributed by atoms with van der Waals surface area (Å²) < 4.78 is 47.9. The molecule has 31 heavy (non-hydrogen) atoms. The van der Waals surface area contributed by atoms with E-state index in [0.717, 1.165) is 0 Å². The van der Waals surface area contributed by atoms with Crippen molar-refractivity contribution in [2.45, 2.75) is 31.9 Å². The third-order valence-corrected chi connectivity index (χ3v) is 6.78. The third-order valence-electron chi connectivity index (χ3n) is 4.96. The first kappa shape index (κ1) is 21.2. The Morgan fingerprint density at radius 3 is 2.68 bits per heavy atom. The number of fused-ring (bicyclic) bond motifs is 1. The van der Waals surface area contributed by atoms with Gasteiger partial charge in [0.2, 0.25) is 15.9 Å². The highest BCUT2D eigenvalue weighted by atomic mass is 32.2. The van der Waals surface area contributed by atoms with Crippen LogP contribution in [0.2, 0.25) is 0 Å². The van der Waals surface area contributed by atoms with Crippen molar-refractivity contribution in [1.29, 1.82) is 0 Å². The van der Waals surface area contributed by atoms with Gasteiger partial charge in [-0.15, -0.1) is 0 Å². The lowest BCUT2D eigenvalue weighted by Crippen LogP contribution is -2.33. The normalized spacial score (nSPS) is 14.2. The van der Waals surface area contributed by atoms with Gasteiger partial charge in [0.1, 0.15) is 11.5 Å². The highest BCUT2D eigenvalue weighted by Gasteiger charge is 2.37. The molecule has 0 spiro atoms. The predicted molar refractivity (Wildman–Crippen MR) is 114 cm³/mol. The van der Waals surface area contributed by atoms with Gasteiger partial charge in [-0.25, -0.2) is 22.5 Å². The van der Waals surface area contributed by atoms with E-state index in [1.807, 2.05) is 18.6 Å². The number of halogens is 1. The van der Waals surface area contributed by atoms with Crippen LogP contribution < -0.4 is 9.46 Å². The Morgan fingerprint density at radius 1 is 1.32 bits per heavy atom. The number of carbonyl (C=O) groups excluding carboxylic acids is 1. The van der Waals surface area contributed by atoms with Gasteiger partial charge in [0.15, 0.2) is 0 Å². The van der Waals surface area contributed by atoms with E-state index in [1.54, 1.807) is 25.4 Å². The van der Waals surface area contributed by atoms with E-state index in [4.69, 9.17) is 4.74 Å². The van der Waals surface area contributed by atoms with Gasteiger partial charge in [0.25, 0.3) is 5.91 Å². The van der Waals surface area contributed by atoms with Gasteiger partial charge >= 0.3 is 0 Å². The zero-order valence-corrected chi connectivity index (χ0v) is 18.2. The summed E-state index contributed by atoms with van der Waals surface area (Å²) in [5.74, 6) is -0.952. The quantitative estimate of drug-likeness (QED) is 0.598. The van der Waals surface area contributed by atoms with Gasteiger partial charge < -0.3 is 4.74 Å². The Labute approximate surface area is 179 Å². The number of benzene rings is 1. The molecule has 0 unspecified atom stereocenters. The monoisotopic (exact) mass is 446 g/mol. The number of hydrogen-bond donors (Lipinski definition) is 1. The van der Waals surface area contributed by atoms with Crippen LogP contribution in [0, 0.1) is 11.7 Å². The average molecular weight is 447 g/mol. The molecule has 2 heterocycles. The van der Waals surface area contributed by atoms with Crippen LogP contribution in [-0.4, -0.2) is 40.9 Å². The molecule has 2 aromatic heterocycles. The Kier molecular flexibility index (Phi) is 5.42. The fourth-order valence-corrected chi connectivity index (χ4v) is 4.46. The van der Waals surface area contributed by atoms with E-state index in [1.165, 1.54) is 16.8 Å². The molecule has 1 aliphatic rings. The zero-order valence-electron chi connectivity index (χ0n) is 17.4. The summed E-state index contributed by atoms with van der Waals surface area (Å²) in [6.07, 6.45) is 2.60. The fourth-order valence-electron chi connectivity index (χ4n) is 3.17. The number of nitrogens with zero attached hydrogens (tertiary/aromatic N) is 3. The summed E-state index contributed by atoms with van der Waals surface area (Å²) in [6.45, 7) is 4.63. The number of carbonyl (C=O) groups is 1. The molecule has 4 rings (SSSR count). The summed E-state index contributed by atoms with van der Waals surface area (Å²) in [6, 6.07) is 6.01. The summed E-state index contributed by atoms with van der Waals surface area (Å²) in [5.41, 5.74) is 1.31. The van der Waals surface area contributed by atoms with Crippen LogP contribution in [0.4, 0.5) is 4.39 Å². The zero-order chi connectivity index (χ0) is 22.3. The number of aromatic nitrogens is 3. The van der Waals surface area contributed by atoms with Crippen molar-refractivity contribution in [3.63, 3.8) is 0 Å². The average Bonchev–Trinajstić information content (AvgIpc) is 3.52. The van der Waals surface area contributed by atoms with Gasteiger partial charge in [-0.3, -0.25) is 9.48 Å². The van der Waals surface area contributed by atoms with Gasteiger partial charge in [-0.2, -0.15) is 5.10 Å². The number of ether oxygens (including phenoxy) is 1. The highest BCUT2D eigenvalue weighted by Crippen LogP contribution is 2.31. The van der Waals surface area contributed by atoms with Crippen LogP contribution in [0.1, 0.15) is 37.0 Å². The van der Waals surface area contributed by atoms with Gasteiger partial charge in [0, 0.05) is 30.3 Å². The lowest BCUT2D eigenvalue weighted by atomic mass is 10.1. The number of nitrogens with one attached hydrogen (secondary N) is 1. The molecular formula is C21H23FN4O4S. The molecule has 1 aromatic carbocycles. The lowest BCUT2D eigenvalue weighted by molar-refractivity contribution is 0.0977. The first-order chi connectivity index (χ1) is 14.7. The maximum Gasteiger partial charge on any atom is 0.267 e. The Hall–Kier alpha value is -3.01. The molecule has 1 N–H and O–H groups in total. The van der Waals surface area contributed by atoms with E-state index in [2.05, 4.69) is 10.1 Å². The molecule has 8 nitrogen and oxygen atoms in total. The standard InChI is InChI=1S/C21H23FN4O4S/c1-12(2)11-30-19-7-4-13(10-23-19)20-16-8-17(22)15(9-18(16)26(3)24-20)21(27)25-31(28,29)14-5-6-14/h4,7-10,12,14H,5-6,11H2,1-3H3,(H,25,27). The number of hydrogen-bond acceptors (Lipinski definition) is 6. The first-order valence-electron chi connectivity index (χ1n) is 9.97. The minimum atomic E-state index is -3.78. The second-order valence-electron chi connectivity index (χ2n) is 8.09. The summed E-state index contributed by atoms with van der Waals surface area (Å²) in [7, 11) is -2.11. The molecule has 0 aliphatic heterocycles. The first-order valence-corrected chi connectivity index (χ1v) is 11.5. The third kappa shape index (κ3) is 4.39. The van der Waals surface area contributed by atoms with Crippen LogP contribution in [0.15, 0.2) is 30.5 Å². The van der Waals surface area contributed by atoms with Crippen LogP contribution in [-0.2, 0) is 17.1 Å². The Morgan fingerprint density at radius 2 is 2.06 bits per heavy atom. The van der Waals surface area contributed by atoms with Crippen molar-refractivity contribution < 1.29 is 22.3 Å². The van der Waals surface area contributed by atoms with Crippen molar-refractivity contribution in [3.05, 3.63) is 41.8 Å². The number of aryl methyl sites for hydroxylation is 1. The van der Waals surface area contributed by atoms with Crippen molar-refractivity contribution in [2.75, 3.05) is 6.61 Å². The maximum atomic E-state index is 14.8. The SMILES string of the molecule is CC(C)COc1ccc(-c2nn(C)c3cc(C(=O)NS(=O)(=O)C4CC4)c(F)cc23)cn1. The molecule has 0 saturated heterocycles. The summed E-state index contributed by atoms with van der Waals surface area (Å²) in [5, 5.41) is 4.35. The number of sulfonamides is 1. The molecule has 0 bridgehead atoms. The molecule has 10 heteroatoms. The minimum absolute atomic E-state index is 0.346. The fraction of sp³-hybridized carbons (Fsp3) is 0.381. The maximum absolute atomic E-state index is 14.8. The van der Waals surface area contributed by atoms with E-state index in [-0.39, 0.29) is 5.56 Å². The van der Waals surface area contributed by atoms with Gasteiger partial charge in [0.05, 0.1) is 22.9 Å². The van der Waals surface area contributed by atoms with Gasteiger partial charge in [-0.1, -0.05) is 13.8 Å². The van der Waals surface area contributed by atoms with Crippen LogP contribution >= 0.6 is 0 Å². The molecule has 1 aliphatic carbocycles. The second-order valence-corrected chi connectivity index (χ2v) is 10.0. The molecule has 0 radical (unpaired) electrons. The molecule has 1 amide bonds. The number of rotatable bonds is 7. The molecule has 3 aromatic rings. The molecule has 1 fully saturated rings. The van der Waals surface area contributed by atoms with E-state index < -0.39 is 27.0 Å². The van der Waals surface area contributed by atoms with Crippen LogP contribution in [0.25, 0.3) is 22.2 Å². The summed E-state index contributed by atoms with van der Waals surface area (Å²) in [4.78, 5) is 16.7. The van der Waals surface area contributed by atoms with Crippen molar-refractivity contribution in [1.82, 2.24) is 19.5 Å². The topological polar surface area (TPSA) is 103 Å². The number of amides is 1. The summed E-state index contributed by atoms with van der Waals surface area (Å²) >= 11 is 0. The predicted octanol–water partition coefficient (Wildman–Crippen LogP) is 3.03. The highest BCUT2D eigenvalue weighted by molar-refractivity contribution is 7.91. The largest absolute Gasteiger partial charge is 0.477 e. The Bertz CT molecular complexity index is 1250. The smallest absolute Gasteiger partial charge is 0.267 e. The minimum Gasteiger partial charge on any atom is -0.477 e. The lowest BCUT2D eigenvalue weighted by Gasteiger charge is -2.08. The van der Waals surface area contributed by atoms with Crippen LogP contribution in [0.3, 0.4) is 0 Å². The van der Waals surface area contributed by atoms with Crippen molar-refractivity contribution in [2.24, 2.45) is 13.0 Å². The van der Waals surface area contributed by atoms with E-state index >= 15 is 0 Å².